The fraction of sp³-hybridized carbons (Fsp3) is 0.417. The molecule has 2 aromatic carbocycles. The van der Waals surface area contributed by atoms with E-state index in [2.05, 4.69) is 78.2 Å². The molecule has 8 heteroatoms. The van der Waals surface area contributed by atoms with Gasteiger partial charge in [-0.25, -0.2) is 9.67 Å². The molecule has 0 saturated carbocycles. The van der Waals surface area contributed by atoms with Crippen LogP contribution in [0.25, 0.3) is 11.0 Å². The van der Waals surface area contributed by atoms with Crippen molar-refractivity contribution in [2.75, 3.05) is 12.4 Å². The van der Waals surface area contributed by atoms with Gasteiger partial charge in [-0.2, -0.15) is 0 Å². The average molecular weight is 434 g/mol. The predicted molar refractivity (Wildman–Crippen MR) is 126 cm³/mol. The second-order valence-corrected chi connectivity index (χ2v) is 8.83. The minimum atomic E-state index is -0.342. The Morgan fingerprint density at radius 3 is 2.56 bits per heavy atom. The van der Waals surface area contributed by atoms with E-state index in [1.165, 1.54) is 0 Å². The van der Waals surface area contributed by atoms with Crippen molar-refractivity contribution in [3.05, 3.63) is 59.4 Å². The van der Waals surface area contributed by atoms with Crippen LogP contribution in [0.2, 0.25) is 0 Å². The molecule has 0 aliphatic carbocycles. The summed E-state index contributed by atoms with van der Waals surface area (Å²) in [6, 6.07) is 14.1. The first-order valence-corrected chi connectivity index (χ1v) is 11.0. The second-order valence-electron chi connectivity index (χ2n) is 8.83. The molecular weight excluding hydrogens is 402 g/mol. The number of hydrogen-bond donors (Lipinski definition) is 1. The van der Waals surface area contributed by atoms with E-state index < -0.39 is 0 Å². The summed E-state index contributed by atoms with van der Waals surface area (Å²) in [6.45, 7) is 11.4. The van der Waals surface area contributed by atoms with E-state index in [9.17, 15) is 0 Å². The molecule has 2 aromatic heterocycles. The number of nitrogens with one attached hydrogen (secondary N) is 1. The third kappa shape index (κ3) is 4.17. The van der Waals surface area contributed by atoms with Gasteiger partial charge in [0.15, 0.2) is 5.82 Å². The molecule has 1 atom stereocenters. The maximum atomic E-state index is 5.75. The highest BCUT2D eigenvalue weighted by molar-refractivity contribution is 5.78. The van der Waals surface area contributed by atoms with Crippen LogP contribution in [0.4, 0.5) is 5.95 Å². The maximum absolute atomic E-state index is 5.75. The van der Waals surface area contributed by atoms with Gasteiger partial charge in [-0.15, -0.1) is 5.10 Å². The highest BCUT2D eigenvalue weighted by atomic mass is 16.5. The number of aryl methyl sites for hydroxylation is 1. The van der Waals surface area contributed by atoms with Crippen LogP contribution >= 0.6 is 0 Å². The van der Waals surface area contributed by atoms with Crippen molar-refractivity contribution in [1.82, 2.24) is 29.8 Å². The summed E-state index contributed by atoms with van der Waals surface area (Å²) in [6.07, 6.45) is 0. The largest absolute Gasteiger partial charge is 0.496 e. The van der Waals surface area contributed by atoms with Crippen LogP contribution in [0.15, 0.2) is 42.5 Å². The Kier molecular flexibility index (Phi) is 6.12. The van der Waals surface area contributed by atoms with Gasteiger partial charge in [0, 0.05) is 12.1 Å². The number of ether oxygens (including phenoxy) is 1. The molecule has 168 valence electrons. The molecule has 1 unspecified atom stereocenters. The Bertz CT molecular complexity index is 1210. The van der Waals surface area contributed by atoms with Gasteiger partial charge in [0.1, 0.15) is 11.8 Å². The maximum Gasteiger partial charge on any atom is 0.204 e. The normalized spacial score (nSPS) is 12.6. The van der Waals surface area contributed by atoms with E-state index in [-0.39, 0.29) is 12.1 Å². The Hall–Kier alpha value is -3.42. The molecule has 0 aliphatic heterocycles. The van der Waals surface area contributed by atoms with Crippen LogP contribution in [0.5, 0.6) is 5.75 Å². The van der Waals surface area contributed by atoms with Crippen LogP contribution in [0.3, 0.4) is 0 Å². The summed E-state index contributed by atoms with van der Waals surface area (Å²) in [5.41, 5.74) is 4.13. The number of hydrogen-bond acceptors (Lipinski definition) is 6. The van der Waals surface area contributed by atoms with Gasteiger partial charge in [0.05, 0.1) is 24.2 Å². The first-order valence-electron chi connectivity index (χ1n) is 11.0. The van der Waals surface area contributed by atoms with Gasteiger partial charge in [0.2, 0.25) is 5.95 Å². The summed E-state index contributed by atoms with van der Waals surface area (Å²) >= 11 is 0. The number of para-hydroxylation sites is 2. The summed E-state index contributed by atoms with van der Waals surface area (Å²) < 4.78 is 9.82. The van der Waals surface area contributed by atoms with Crippen molar-refractivity contribution >= 4 is 17.0 Å². The molecule has 0 saturated heterocycles. The molecule has 0 radical (unpaired) electrons. The Morgan fingerprint density at radius 2 is 1.84 bits per heavy atom. The lowest BCUT2D eigenvalue weighted by Crippen LogP contribution is -2.22. The van der Waals surface area contributed by atoms with Crippen LogP contribution in [-0.4, -0.2) is 36.9 Å². The fourth-order valence-corrected chi connectivity index (χ4v) is 3.96. The first-order chi connectivity index (χ1) is 15.4. The van der Waals surface area contributed by atoms with Crippen LogP contribution < -0.4 is 10.1 Å². The molecule has 8 nitrogen and oxygen atoms in total. The zero-order valence-corrected chi connectivity index (χ0v) is 19.6. The zero-order valence-electron chi connectivity index (χ0n) is 19.6. The molecule has 0 fully saturated rings. The molecule has 0 spiro atoms. The molecule has 0 amide bonds. The van der Waals surface area contributed by atoms with Crippen LogP contribution in [0.1, 0.15) is 56.7 Å². The predicted octanol–water partition coefficient (Wildman–Crippen LogP) is 4.78. The minimum Gasteiger partial charge on any atom is -0.496 e. The third-order valence-corrected chi connectivity index (χ3v) is 5.44. The number of tetrazole rings is 1. The number of fused-ring (bicyclic) bond motifs is 1. The number of nitrogens with zero attached hydrogens (tertiary/aromatic N) is 6. The number of imidazole rings is 1. The highest BCUT2D eigenvalue weighted by Crippen LogP contribution is 2.34. The number of rotatable bonds is 8. The van der Waals surface area contributed by atoms with E-state index >= 15 is 0 Å². The van der Waals surface area contributed by atoms with Crippen molar-refractivity contribution in [3.8, 4) is 5.75 Å². The van der Waals surface area contributed by atoms with E-state index in [0.29, 0.717) is 11.7 Å². The van der Waals surface area contributed by atoms with E-state index in [4.69, 9.17) is 9.72 Å². The average Bonchev–Trinajstić information content (AvgIpc) is 3.37. The SMILES string of the molecule is COc1cc(C)ccc1C(Nc1nc2ccccc2n1CC(C)C)c1nnnn1C(C)C. The zero-order chi connectivity index (χ0) is 22.8. The summed E-state index contributed by atoms with van der Waals surface area (Å²) in [7, 11) is 1.69. The van der Waals surface area contributed by atoms with Crippen molar-refractivity contribution in [1.29, 1.82) is 0 Å². The lowest BCUT2D eigenvalue weighted by Gasteiger charge is -2.23. The molecule has 1 N–H and O–H groups in total. The van der Waals surface area contributed by atoms with Crippen molar-refractivity contribution in [2.24, 2.45) is 5.92 Å². The lowest BCUT2D eigenvalue weighted by molar-refractivity contribution is 0.406. The van der Waals surface area contributed by atoms with Gasteiger partial charge in [-0.05, 0) is 60.9 Å². The molecule has 2 heterocycles. The van der Waals surface area contributed by atoms with Crippen LogP contribution in [0, 0.1) is 12.8 Å². The molecule has 0 aliphatic rings. The van der Waals surface area contributed by atoms with Crippen molar-refractivity contribution in [2.45, 2.75) is 53.2 Å². The first kappa shape index (κ1) is 21.8. The van der Waals surface area contributed by atoms with Gasteiger partial charge in [0.25, 0.3) is 0 Å². The van der Waals surface area contributed by atoms with Crippen molar-refractivity contribution in [3.63, 3.8) is 0 Å². The fourth-order valence-electron chi connectivity index (χ4n) is 3.96. The summed E-state index contributed by atoms with van der Waals surface area (Å²) in [5, 5.41) is 16.3. The summed E-state index contributed by atoms with van der Waals surface area (Å²) in [4.78, 5) is 4.92. The number of anilines is 1. The monoisotopic (exact) mass is 433 g/mol. The quantitative estimate of drug-likeness (QED) is 0.431. The number of methoxy groups -OCH3 is 1. The lowest BCUT2D eigenvalue weighted by atomic mass is 10.0. The minimum absolute atomic E-state index is 0.107. The highest BCUT2D eigenvalue weighted by Gasteiger charge is 2.27. The Morgan fingerprint density at radius 1 is 1.06 bits per heavy atom. The Labute approximate surface area is 188 Å². The number of aromatic nitrogens is 6. The molecular formula is C24H31N7O. The van der Waals surface area contributed by atoms with E-state index in [1.54, 1.807) is 7.11 Å². The summed E-state index contributed by atoms with van der Waals surface area (Å²) in [5.74, 6) is 2.74. The van der Waals surface area contributed by atoms with Crippen LogP contribution in [-0.2, 0) is 6.54 Å². The molecule has 32 heavy (non-hydrogen) atoms. The topological polar surface area (TPSA) is 82.7 Å². The van der Waals surface area contributed by atoms with Gasteiger partial charge >= 0.3 is 0 Å². The van der Waals surface area contributed by atoms with E-state index in [1.807, 2.05) is 28.9 Å². The Balaban J connectivity index is 1.88. The number of benzene rings is 2. The molecule has 4 aromatic rings. The van der Waals surface area contributed by atoms with Crippen molar-refractivity contribution < 1.29 is 4.74 Å². The second kappa shape index (κ2) is 8.98. The van der Waals surface area contributed by atoms with Gasteiger partial charge < -0.3 is 14.6 Å². The molecule has 0 bridgehead atoms. The van der Waals surface area contributed by atoms with E-state index in [0.717, 1.165) is 40.4 Å². The van der Waals surface area contributed by atoms with Gasteiger partial charge in [-0.3, -0.25) is 0 Å². The molecule has 4 rings (SSSR count). The standard InChI is InChI=1S/C24H31N7O/c1-15(2)14-30-20-10-8-7-9-19(20)25-24(30)26-22(23-27-28-29-31(23)16(3)4)18-12-11-17(5)13-21(18)32-6/h7-13,15-16,22H,14H2,1-6H3,(H,25,26). The third-order valence-electron chi connectivity index (χ3n) is 5.44. The smallest absolute Gasteiger partial charge is 0.204 e. The van der Waals surface area contributed by atoms with Gasteiger partial charge in [-0.1, -0.05) is 38.1 Å².